The summed E-state index contributed by atoms with van der Waals surface area (Å²) in [6.07, 6.45) is 1.16. The van der Waals surface area contributed by atoms with E-state index in [0.29, 0.717) is 24.3 Å². The van der Waals surface area contributed by atoms with Gasteiger partial charge in [-0.25, -0.2) is 4.79 Å². The number of rotatable bonds is 9. The Balaban J connectivity index is 2.01. The summed E-state index contributed by atoms with van der Waals surface area (Å²) in [6, 6.07) is 13.1. The third-order valence-corrected chi connectivity index (χ3v) is 5.31. The third-order valence-electron chi connectivity index (χ3n) is 5.31. The summed E-state index contributed by atoms with van der Waals surface area (Å²) >= 11 is 0. The molecule has 0 fully saturated rings. The highest BCUT2D eigenvalue weighted by Crippen LogP contribution is 2.36. The number of amides is 3. The first-order chi connectivity index (χ1) is 15.4. The Kier molecular flexibility index (Phi) is 8.74. The molecule has 0 saturated carbocycles. The van der Waals surface area contributed by atoms with Crippen LogP contribution in [-0.4, -0.2) is 25.1 Å². The second-order valence-corrected chi connectivity index (χ2v) is 10.2. The maximum absolute atomic E-state index is 12.4. The van der Waals surface area contributed by atoms with Crippen LogP contribution in [0.25, 0.3) is 0 Å². The molecule has 0 heterocycles. The summed E-state index contributed by atoms with van der Waals surface area (Å²) in [5.74, 6) is 0.858. The van der Waals surface area contributed by atoms with Gasteiger partial charge in [0.2, 0.25) is 6.41 Å². The summed E-state index contributed by atoms with van der Waals surface area (Å²) in [6.45, 7) is 15.6. The van der Waals surface area contributed by atoms with Crippen LogP contribution < -0.4 is 26.2 Å². The van der Waals surface area contributed by atoms with Crippen LogP contribution in [0, 0.1) is 0 Å². The number of carbonyl (C=O) groups excluding carboxylic acids is 2. The topological polar surface area (TPSA) is 91.5 Å². The van der Waals surface area contributed by atoms with Gasteiger partial charge in [-0.3, -0.25) is 15.6 Å². The molecule has 4 N–H and O–H groups in total. The molecule has 0 radical (unpaired) electrons. The number of ether oxygens (including phenoxy) is 1. The van der Waals surface area contributed by atoms with Crippen LogP contribution in [0.4, 0.5) is 16.2 Å². The second-order valence-electron chi connectivity index (χ2n) is 10.2. The fourth-order valence-corrected chi connectivity index (χ4v) is 3.27. The number of hydrazine groups is 1. The van der Waals surface area contributed by atoms with Crippen molar-refractivity contribution in [3.63, 3.8) is 0 Å². The molecule has 7 nitrogen and oxygen atoms in total. The predicted octanol–water partition coefficient (Wildman–Crippen LogP) is 5.33. The van der Waals surface area contributed by atoms with E-state index >= 15 is 0 Å². The fraction of sp³-hybridized carbons (Fsp3) is 0.462. The number of benzene rings is 2. The zero-order valence-electron chi connectivity index (χ0n) is 20.8. The lowest BCUT2D eigenvalue weighted by Gasteiger charge is -2.29. The minimum Gasteiger partial charge on any atom is -0.488 e. The van der Waals surface area contributed by atoms with Gasteiger partial charge >= 0.3 is 6.03 Å². The van der Waals surface area contributed by atoms with Crippen LogP contribution in [0.3, 0.4) is 0 Å². The van der Waals surface area contributed by atoms with E-state index in [9.17, 15) is 9.59 Å². The van der Waals surface area contributed by atoms with Crippen LogP contribution in [0.5, 0.6) is 5.75 Å². The Hall–Kier alpha value is -3.22. The Morgan fingerprint density at radius 1 is 0.970 bits per heavy atom. The summed E-state index contributed by atoms with van der Waals surface area (Å²) in [5, 5.41) is 5.70. The smallest absolute Gasteiger partial charge is 0.319 e. The third kappa shape index (κ3) is 8.00. The Morgan fingerprint density at radius 3 is 2.15 bits per heavy atom. The van der Waals surface area contributed by atoms with E-state index in [1.54, 1.807) is 24.3 Å². The highest BCUT2D eigenvalue weighted by molar-refractivity contribution is 5.89. The first-order valence-electron chi connectivity index (χ1n) is 11.4. The first kappa shape index (κ1) is 26.0. The predicted molar refractivity (Wildman–Crippen MR) is 135 cm³/mol. The minimum absolute atomic E-state index is 0.0571. The van der Waals surface area contributed by atoms with Gasteiger partial charge in [0, 0.05) is 5.69 Å². The Bertz CT molecular complexity index is 928. The molecule has 0 aliphatic rings. The molecule has 2 aromatic rings. The average Bonchev–Trinajstić information content (AvgIpc) is 2.74. The minimum atomic E-state index is -0.303. The maximum Gasteiger partial charge on any atom is 0.319 e. The molecule has 33 heavy (non-hydrogen) atoms. The fourth-order valence-electron chi connectivity index (χ4n) is 3.27. The van der Waals surface area contributed by atoms with Gasteiger partial charge in [0.1, 0.15) is 11.9 Å². The van der Waals surface area contributed by atoms with Gasteiger partial charge in [-0.15, -0.1) is 0 Å². The highest BCUT2D eigenvalue weighted by atomic mass is 16.5. The van der Waals surface area contributed by atoms with Gasteiger partial charge in [0.25, 0.3) is 0 Å². The highest BCUT2D eigenvalue weighted by Gasteiger charge is 2.24. The number of urea groups is 1. The molecule has 0 aromatic heterocycles. The second kappa shape index (κ2) is 11.1. The molecule has 0 aliphatic heterocycles. The SMILES string of the molecule is CCC(CNC(=O)Nc1ccc(NNC=O)cc1)Oc1ccc(C(C)(C)C)cc1C(C)(C)C. The van der Waals surface area contributed by atoms with Crippen molar-refractivity contribution < 1.29 is 14.3 Å². The van der Waals surface area contributed by atoms with Crippen molar-refractivity contribution in [2.45, 2.75) is 71.8 Å². The molecule has 1 atom stereocenters. The van der Waals surface area contributed by atoms with Gasteiger partial charge in [-0.1, -0.05) is 60.6 Å². The molecule has 1 unspecified atom stereocenters. The standard InChI is InChI=1S/C26H38N4O3/c1-8-21(16-27-24(32)29-19-10-12-20(13-11-19)30-28-17-31)33-23-14-9-18(25(2,3)4)15-22(23)26(5,6)7/h9-15,17,21,30H,8,16H2,1-7H3,(H,28,31)(H2,27,29,32). The number of carbonyl (C=O) groups is 2. The number of hydrogen-bond acceptors (Lipinski definition) is 4. The first-order valence-corrected chi connectivity index (χ1v) is 11.4. The van der Waals surface area contributed by atoms with E-state index in [-0.39, 0.29) is 23.0 Å². The van der Waals surface area contributed by atoms with E-state index in [4.69, 9.17) is 4.74 Å². The van der Waals surface area contributed by atoms with Crippen LogP contribution in [-0.2, 0) is 15.6 Å². The molecule has 2 rings (SSSR count). The van der Waals surface area contributed by atoms with Gasteiger partial charge in [-0.05, 0) is 58.7 Å². The summed E-state index contributed by atoms with van der Waals surface area (Å²) in [5.41, 5.74) is 8.85. The zero-order valence-corrected chi connectivity index (χ0v) is 20.8. The van der Waals surface area contributed by atoms with Crippen LogP contribution in [0.2, 0.25) is 0 Å². The van der Waals surface area contributed by atoms with E-state index in [1.807, 2.05) is 6.92 Å². The van der Waals surface area contributed by atoms with Crippen molar-refractivity contribution in [1.29, 1.82) is 0 Å². The molecule has 0 spiro atoms. The normalized spacial score (nSPS) is 12.5. The molecule has 0 aliphatic carbocycles. The monoisotopic (exact) mass is 454 g/mol. The summed E-state index contributed by atoms with van der Waals surface area (Å²) in [7, 11) is 0. The lowest BCUT2D eigenvalue weighted by atomic mass is 9.80. The molecule has 180 valence electrons. The Labute approximate surface area is 197 Å². The lowest BCUT2D eigenvalue weighted by molar-refractivity contribution is -0.109. The molecule has 3 amide bonds. The zero-order chi connectivity index (χ0) is 24.6. The quantitative estimate of drug-likeness (QED) is 0.304. The lowest BCUT2D eigenvalue weighted by Crippen LogP contribution is -2.37. The average molecular weight is 455 g/mol. The van der Waals surface area contributed by atoms with Crippen molar-refractivity contribution in [1.82, 2.24) is 10.7 Å². The van der Waals surface area contributed by atoms with E-state index in [2.05, 4.69) is 81.2 Å². The maximum atomic E-state index is 12.4. The molecular weight excluding hydrogens is 416 g/mol. The van der Waals surface area contributed by atoms with Crippen LogP contribution >= 0.6 is 0 Å². The Morgan fingerprint density at radius 2 is 1.61 bits per heavy atom. The van der Waals surface area contributed by atoms with Crippen molar-refractivity contribution in [2.24, 2.45) is 0 Å². The van der Waals surface area contributed by atoms with E-state index in [0.717, 1.165) is 17.7 Å². The van der Waals surface area contributed by atoms with Crippen molar-refractivity contribution >= 4 is 23.8 Å². The number of anilines is 2. The summed E-state index contributed by atoms with van der Waals surface area (Å²) < 4.78 is 6.36. The molecule has 7 heteroatoms. The van der Waals surface area contributed by atoms with E-state index < -0.39 is 0 Å². The molecule has 0 saturated heterocycles. The van der Waals surface area contributed by atoms with Gasteiger partial charge < -0.3 is 15.4 Å². The van der Waals surface area contributed by atoms with Crippen molar-refractivity contribution in [3.05, 3.63) is 53.6 Å². The number of hydrogen-bond donors (Lipinski definition) is 4. The molecule has 0 bridgehead atoms. The van der Waals surface area contributed by atoms with Gasteiger partial charge in [-0.2, -0.15) is 0 Å². The molecular formula is C26H38N4O3. The molecule has 2 aromatic carbocycles. The van der Waals surface area contributed by atoms with Crippen LogP contribution in [0.1, 0.15) is 66.0 Å². The largest absolute Gasteiger partial charge is 0.488 e. The van der Waals surface area contributed by atoms with Gasteiger partial charge in [0.05, 0.1) is 12.2 Å². The van der Waals surface area contributed by atoms with E-state index in [1.165, 1.54) is 5.56 Å². The summed E-state index contributed by atoms with van der Waals surface area (Å²) in [4.78, 5) is 22.7. The van der Waals surface area contributed by atoms with Crippen LogP contribution in [0.15, 0.2) is 42.5 Å². The van der Waals surface area contributed by atoms with Gasteiger partial charge in [0.15, 0.2) is 0 Å². The number of nitrogens with one attached hydrogen (secondary N) is 4. The van der Waals surface area contributed by atoms with Crippen molar-refractivity contribution in [2.75, 3.05) is 17.3 Å². The van der Waals surface area contributed by atoms with Crippen molar-refractivity contribution in [3.8, 4) is 5.75 Å².